The highest BCUT2D eigenvalue weighted by molar-refractivity contribution is 4.98. The fourth-order valence-electron chi connectivity index (χ4n) is 5.68. The summed E-state index contributed by atoms with van der Waals surface area (Å²) in [6.07, 6.45) is 8.85. The van der Waals surface area contributed by atoms with Gasteiger partial charge in [0, 0.05) is 45.3 Å². The van der Waals surface area contributed by atoms with E-state index < -0.39 is 0 Å². The van der Waals surface area contributed by atoms with E-state index in [1.807, 2.05) is 0 Å². The van der Waals surface area contributed by atoms with Crippen molar-refractivity contribution in [1.82, 2.24) is 14.9 Å². The molecule has 0 N–H and O–H groups in total. The molecular weight excluding hydrogens is 282 g/mol. The summed E-state index contributed by atoms with van der Waals surface area (Å²) in [5.74, 6) is 2.88. The normalized spacial score (nSPS) is 37.0. The van der Waals surface area contributed by atoms with E-state index >= 15 is 0 Å². The van der Waals surface area contributed by atoms with Crippen LogP contribution in [0.15, 0.2) is 0 Å². The number of nitrogens with zero attached hydrogens (tertiary/aromatic N) is 3. The third kappa shape index (κ3) is 3.21. The van der Waals surface area contributed by atoms with Crippen molar-refractivity contribution in [3.8, 4) is 0 Å². The largest absolute Gasteiger partial charge is 0.298 e. The second-order valence-corrected chi connectivity index (χ2v) is 9.62. The Morgan fingerprint density at radius 2 is 1.48 bits per heavy atom. The molecule has 0 amide bonds. The maximum absolute atomic E-state index is 2.76. The van der Waals surface area contributed by atoms with Crippen molar-refractivity contribution in [2.24, 2.45) is 23.2 Å². The van der Waals surface area contributed by atoms with E-state index in [2.05, 4.69) is 35.7 Å². The molecule has 0 radical (unpaired) electrons. The molecule has 0 aromatic heterocycles. The van der Waals surface area contributed by atoms with Gasteiger partial charge in [0.2, 0.25) is 0 Å². The van der Waals surface area contributed by atoms with Crippen molar-refractivity contribution >= 4 is 0 Å². The van der Waals surface area contributed by atoms with Crippen molar-refractivity contribution in [2.45, 2.75) is 65.3 Å². The SMILES string of the molecule is CC1CC(N2CCN(N3CC4(CCC(C(C)C)CC4)C3)CC2)C1. The quantitative estimate of drug-likeness (QED) is 0.789. The zero-order valence-electron chi connectivity index (χ0n) is 15.6. The zero-order chi connectivity index (χ0) is 16.0. The lowest BCUT2D eigenvalue weighted by molar-refractivity contribution is -0.181. The number of hydrazine groups is 1. The van der Waals surface area contributed by atoms with Gasteiger partial charge in [0.15, 0.2) is 0 Å². The molecule has 0 aromatic rings. The predicted molar refractivity (Wildman–Crippen MR) is 96.1 cm³/mol. The van der Waals surface area contributed by atoms with E-state index in [0.717, 1.165) is 23.8 Å². The first-order valence-corrected chi connectivity index (χ1v) is 10.3. The van der Waals surface area contributed by atoms with E-state index in [1.54, 1.807) is 0 Å². The van der Waals surface area contributed by atoms with Gasteiger partial charge in [-0.2, -0.15) is 0 Å². The van der Waals surface area contributed by atoms with Crippen LogP contribution in [0.4, 0.5) is 0 Å². The van der Waals surface area contributed by atoms with Crippen molar-refractivity contribution in [1.29, 1.82) is 0 Å². The van der Waals surface area contributed by atoms with Gasteiger partial charge in [-0.25, -0.2) is 10.0 Å². The van der Waals surface area contributed by atoms with E-state index in [9.17, 15) is 0 Å². The Kier molecular flexibility index (Phi) is 4.49. The molecule has 23 heavy (non-hydrogen) atoms. The van der Waals surface area contributed by atoms with Crippen LogP contribution in [-0.2, 0) is 0 Å². The van der Waals surface area contributed by atoms with Gasteiger partial charge in [0.25, 0.3) is 0 Å². The Labute approximate surface area is 143 Å². The van der Waals surface area contributed by atoms with Crippen LogP contribution >= 0.6 is 0 Å². The fraction of sp³-hybridized carbons (Fsp3) is 1.00. The molecule has 2 aliphatic heterocycles. The number of hydrogen-bond donors (Lipinski definition) is 0. The Bertz CT molecular complexity index is 391. The summed E-state index contributed by atoms with van der Waals surface area (Å²) in [5, 5.41) is 5.37. The summed E-state index contributed by atoms with van der Waals surface area (Å²) in [4.78, 5) is 2.76. The van der Waals surface area contributed by atoms with Gasteiger partial charge >= 0.3 is 0 Å². The molecule has 3 heteroatoms. The molecule has 2 aliphatic carbocycles. The van der Waals surface area contributed by atoms with Gasteiger partial charge in [-0.05, 0) is 61.7 Å². The highest BCUT2D eigenvalue weighted by atomic mass is 15.7. The van der Waals surface area contributed by atoms with E-state index in [4.69, 9.17) is 0 Å². The van der Waals surface area contributed by atoms with Crippen molar-refractivity contribution in [3.63, 3.8) is 0 Å². The molecule has 4 aliphatic rings. The average Bonchev–Trinajstić information content (AvgIpc) is 2.50. The molecule has 4 rings (SSSR count). The second kappa shape index (κ2) is 6.31. The summed E-state index contributed by atoms with van der Waals surface area (Å²) in [6, 6.07) is 0.918. The molecule has 2 heterocycles. The van der Waals surface area contributed by atoms with Crippen LogP contribution in [0.5, 0.6) is 0 Å². The third-order valence-electron chi connectivity index (χ3n) is 7.63. The molecule has 3 nitrogen and oxygen atoms in total. The van der Waals surface area contributed by atoms with E-state index in [1.165, 1.54) is 77.8 Å². The summed E-state index contributed by atoms with van der Waals surface area (Å²) in [5.41, 5.74) is 0.700. The highest BCUT2D eigenvalue weighted by Gasteiger charge is 2.47. The molecule has 2 saturated carbocycles. The first kappa shape index (κ1) is 16.4. The van der Waals surface area contributed by atoms with Gasteiger partial charge in [-0.3, -0.25) is 4.90 Å². The standard InChI is InChI=1S/C20H37N3/c1-16(2)18-4-6-20(7-5-18)14-23(15-20)22-10-8-21(9-11-22)19-12-17(3)13-19/h16-19H,4-15H2,1-3H3. The Morgan fingerprint density at radius 1 is 0.870 bits per heavy atom. The maximum atomic E-state index is 2.76. The lowest BCUT2D eigenvalue weighted by atomic mass is 9.64. The topological polar surface area (TPSA) is 9.72 Å². The van der Waals surface area contributed by atoms with Gasteiger partial charge in [0.05, 0.1) is 0 Å². The molecular formula is C20H37N3. The molecule has 4 fully saturated rings. The van der Waals surface area contributed by atoms with Crippen LogP contribution in [0, 0.1) is 23.2 Å². The summed E-state index contributed by atoms with van der Waals surface area (Å²) >= 11 is 0. The number of piperazine rings is 1. The average molecular weight is 320 g/mol. The first-order valence-electron chi connectivity index (χ1n) is 10.3. The third-order valence-corrected chi connectivity index (χ3v) is 7.63. The van der Waals surface area contributed by atoms with Crippen molar-refractivity contribution < 1.29 is 0 Å². The lowest BCUT2D eigenvalue weighted by Crippen LogP contribution is -2.67. The van der Waals surface area contributed by atoms with Crippen LogP contribution in [0.2, 0.25) is 0 Å². The predicted octanol–water partition coefficient (Wildman–Crippen LogP) is 3.47. The van der Waals surface area contributed by atoms with Crippen molar-refractivity contribution in [2.75, 3.05) is 39.3 Å². The van der Waals surface area contributed by atoms with Gasteiger partial charge < -0.3 is 0 Å². The Morgan fingerprint density at radius 3 is 2.00 bits per heavy atom. The molecule has 132 valence electrons. The lowest BCUT2D eigenvalue weighted by Gasteiger charge is -2.58. The van der Waals surface area contributed by atoms with E-state index in [-0.39, 0.29) is 0 Å². The highest BCUT2D eigenvalue weighted by Crippen LogP contribution is 2.47. The van der Waals surface area contributed by atoms with Crippen LogP contribution < -0.4 is 0 Å². The summed E-state index contributed by atoms with van der Waals surface area (Å²) in [7, 11) is 0. The second-order valence-electron chi connectivity index (χ2n) is 9.62. The molecule has 0 unspecified atom stereocenters. The minimum absolute atomic E-state index is 0.700. The smallest absolute Gasteiger partial charge is 0.0261 e. The first-order chi connectivity index (χ1) is 11.0. The van der Waals surface area contributed by atoms with Crippen LogP contribution in [0.25, 0.3) is 0 Å². The fourth-order valence-corrected chi connectivity index (χ4v) is 5.68. The molecule has 0 atom stereocenters. The minimum atomic E-state index is 0.700. The summed E-state index contributed by atoms with van der Waals surface area (Å²) < 4.78 is 0. The molecule has 0 bridgehead atoms. The van der Waals surface area contributed by atoms with Crippen LogP contribution in [0.3, 0.4) is 0 Å². The number of rotatable bonds is 3. The molecule has 2 saturated heterocycles. The van der Waals surface area contributed by atoms with Crippen LogP contribution in [-0.4, -0.2) is 60.2 Å². The Hall–Kier alpha value is -0.120. The van der Waals surface area contributed by atoms with E-state index in [0.29, 0.717) is 5.41 Å². The molecule has 1 spiro atoms. The molecule has 0 aromatic carbocycles. The summed E-state index contributed by atoms with van der Waals surface area (Å²) in [6.45, 7) is 15.1. The van der Waals surface area contributed by atoms with Gasteiger partial charge in [-0.1, -0.05) is 20.8 Å². The maximum Gasteiger partial charge on any atom is 0.0261 e. The number of hydrogen-bond acceptors (Lipinski definition) is 3. The Balaban J connectivity index is 1.20. The van der Waals surface area contributed by atoms with Gasteiger partial charge in [-0.15, -0.1) is 0 Å². The monoisotopic (exact) mass is 319 g/mol. The minimum Gasteiger partial charge on any atom is -0.298 e. The zero-order valence-corrected chi connectivity index (χ0v) is 15.6. The van der Waals surface area contributed by atoms with Crippen molar-refractivity contribution in [3.05, 3.63) is 0 Å². The van der Waals surface area contributed by atoms with Gasteiger partial charge in [0.1, 0.15) is 0 Å². The van der Waals surface area contributed by atoms with Crippen LogP contribution in [0.1, 0.15) is 59.3 Å².